The van der Waals surface area contributed by atoms with Crippen molar-refractivity contribution < 1.29 is 14.0 Å². The minimum Gasteiger partial charge on any atom is -0.367 e. The van der Waals surface area contributed by atoms with Gasteiger partial charge in [-0.3, -0.25) is 19.5 Å². The van der Waals surface area contributed by atoms with E-state index in [1.807, 2.05) is 30.0 Å². The second-order valence-electron chi connectivity index (χ2n) is 8.40. The van der Waals surface area contributed by atoms with Gasteiger partial charge in [0.1, 0.15) is 5.82 Å². The fraction of sp³-hybridized carbons (Fsp3) is 0.269. The molecule has 0 spiro atoms. The molecule has 1 aliphatic rings. The van der Waals surface area contributed by atoms with Crippen LogP contribution in [0.3, 0.4) is 0 Å². The Morgan fingerprint density at radius 3 is 2.51 bits per heavy atom. The molecule has 0 saturated carbocycles. The lowest BCUT2D eigenvalue weighted by Crippen LogP contribution is -2.50. The Balaban J connectivity index is 1.39. The zero-order valence-corrected chi connectivity index (χ0v) is 20.1. The summed E-state index contributed by atoms with van der Waals surface area (Å²) in [5.74, 6) is -1.74. The maximum absolute atomic E-state index is 14.2. The molecule has 4 rings (SSSR count). The Morgan fingerprint density at radius 1 is 1.06 bits per heavy atom. The van der Waals surface area contributed by atoms with Gasteiger partial charge in [0.15, 0.2) is 0 Å². The highest BCUT2D eigenvalue weighted by Gasteiger charge is 2.27. The molecule has 35 heavy (non-hydrogen) atoms. The van der Waals surface area contributed by atoms with Crippen molar-refractivity contribution in [3.63, 3.8) is 0 Å². The molecule has 182 valence electrons. The van der Waals surface area contributed by atoms with Crippen molar-refractivity contribution in [1.29, 1.82) is 0 Å². The van der Waals surface area contributed by atoms with Crippen molar-refractivity contribution in [3.05, 3.63) is 89.0 Å². The van der Waals surface area contributed by atoms with Gasteiger partial charge in [-0.15, -0.1) is 0 Å². The second-order valence-corrected chi connectivity index (χ2v) is 8.81. The molecule has 2 N–H and O–H groups in total. The third-order valence-electron chi connectivity index (χ3n) is 6.11. The van der Waals surface area contributed by atoms with Crippen LogP contribution in [0, 0.1) is 12.7 Å². The Morgan fingerprint density at radius 2 is 1.83 bits per heavy atom. The van der Waals surface area contributed by atoms with E-state index in [0.717, 1.165) is 11.1 Å². The lowest BCUT2D eigenvalue weighted by atomic mass is 10.1. The zero-order valence-electron chi connectivity index (χ0n) is 19.4. The maximum atomic E-state index is 14.2. The highest BCUT2D eigenvalue weighted by molar-refractivity contribution is 6.39. The van der Waals surface area contributed by atoms with Crippen LogP contribution >= 0.6 is 11.6 Å². The van der Waals surface area contributed by atoms with Gasteiger partial charge in [-0.05, 0) is 48.4 Å². The van der Waals surface area contributed by atoms with Gasteiger partial charge in [0.05, 0.1) is 11.7 Å². The van der Waals surface area contributed by atoms with Crippen LogP contribution in [0.1, 0.15) is 17.2 Å². The van der Waals surface area contributed by atoms with Crippen LogP contribution in [-0.4, -0.2) is 54.4 Å². The number of halogens is 2. The van der Waals surface area contributed by atoms with Crippen LogP contribution in [-0.2, 0) is 9.59 Å². The van der Waals surface area contributed by atoms with E-state index in [2.05, 4.69) is 20.5 Å². The molecule has 1 aromatic heterocycles. The van der Waals surface area contributed by atoms with Gasteiger partial charge in [0.25, 0.3) is 0 Å². The minimum absolute atomic E-state index is 0.183. The number of pyridine rings is 1. The average molecular weight is 496 g/mol. The van der Waals surface area contributed by atoms with Crippen molar-refractivity contribution in [2.75, 3.05) is 42.9 Å². The maximum Gasteiger partial charge on any atom is 0.313 e. The third-order valence-corrected chi connectivity index (χ3v) is 6.52. The number of para-hydroxylation sites is 1. The van der Waals surface area contributed by atoms with Crippen LogP contribution in [0.2, 0.25) is 5.02 Å². The Kier molecular flexibility index (Phi) is 7.94. The first-order valence-electron chi connectivity index (χ1n) is 11.4. The number of carbonyl (C=O) groups excluding carboxylic acids is 2. The van der Waals surface area contributed by atoms with Gasteiger partial charge >= 0.3 is 11.8 Å². The van der Waals surface area contributed by atoms with Crippen molar-refractivity contribution in [1.82, 2.24) is 15.2 Å². The topological polar surface area (TPSA) is 77.6 Å². The molecule has 1 saturated heterocycles. The van der Waals surface area contributed by atoms with Gasteiger partial charge in [-0.1, -0.05) is 35.9 Å². The Labute approximate surface area is 208 Å². The highest BCUT2D eigenvalue weighted by atomic mass is 35.5. The number of carbonyl (C=O) groups is 2. The first kappa shape index (κ1) is 24.6. The SMILES string of the molecule is Cc1ccc(NC(=O)C(=O)NC[C@H](c2cccnc2)N2CCN(c3ccccc3F)CC2)cc1Cl. The van der Waals surface area contributed by atoms with Gasteiger partial charge < -0.3 is 15.5 Å². The highest BCUT2D eigenvalue weighted by Crippen LogP contribution is 2.25. The molecule has 1 fully saturated rings. The summed E-state index contributed by atoms with van der Waals surface area (Å²) >= 11 is 6.10. The predicted octanol–water partition coefficient (Wildman–Crippen LogP) is 3.80. The second kappa shape index (κ2) is 11.3. The molecule has 9 heteroatoms. The summed E-state index contributed by atoms with van der Waals surface area (Å²) in [5.41, 5.74) is 2.85. The number of nitrogens with zero attached hydrogens (tertiary/aromatic N) is 3. The van der Waals surface area contributed by atoms with Crippen molar-refractivity contribution in [2.45, 2.75) is 13.0 Å². The summed E-state index contributed by atoms with van der Waals surface area (Å²) in [5, 5.41) is 5.84. The normalized spacial score (nSPS) is 14.9. The van der Waals surface area contributed by atoms with Crippen LogP contribution in [0.4, 0.5) is 15.8 Å². The molecule has 0 aliphatic carbocycles. The molecular weight excluding hydrogens is 469 g/mol. The van der Waals surface area contributed by atoms with E-state index in [9.17, 15) is 14.0 Å². The number of nitrogens with one attached hydrogen (secondary N) is 2. The van der Waals surface area contributed by atoms with Crippen LogP contribution in [0.15, 0.2) is 67.0 Å². The van der Waals surface area contributed by atoms with Gasteiger partial charge in [0.2, 0.25) is 0 Å². The minimum atomic E-state index is -0.765. The fourth-order valence-corrected chi connectivity index (χ4v) is 4.32. The lowest BCUT2D eigenvalue weighted by Gasteiger charge is -2.40. The first-order chi connectivity index (χ1) is 16.9. The summed E-state index contributed by atoms with van der Waals surface area (Å²) in [6.45, 7) is 4.69. The molecule has 2 heterocycles. The van der Waals surface area contributed by atoms with Crippen LogP contribution in [0.5, 0.6) is 0 Å². The first-order valence-corrected chi connectivity index (χ1v) is 11.8. The number of amides is 2. The largest absolute Gasteiger partial charge is 0.367 e. The molecule has 1 atom stereocenters. The van der Waals surface area contributed by atoms with Crippen molar-refractivity contribution in [3.8, 4) is 0 Å². The fourth-order valence-electron chi connectivity index (χ4n) is 4.14. The molecule has 0 bridgehead atoms. The molecule has 3 aromatic rings. The average Bonchev–Trinajstić information content (AvgIpc) is 2.87. The predicted molar refractivity (Wildman–Crippen MR) is 135 cm³/mol. The smallest absolute Gasteiger partial charge is 0.313 e. The standard InChI is InChI=1S/C26H27ClFN5O2/c1-18-8-9-20(15-21(18)27)31-26(35)25(34)30-17-24(19-5-4-10-29-16-19)33-13-11-32(12-14-33)23-7-3-2-6-22(23)28/h2-10,15-16,24H,11-14,17H2,1H3,(H,30,34)(H,31,35)/t24-/m1/s1. The summed E-state index contributed by atoms with van der Waals surface area (Å²) in [6.07, 6.45) is 3.45. The molecule has 0 radical (unpaired) electrons. The summed E-state index contributed by atoms with van der Waals surface area (Å²) < 4.78 is 14.2. The number of hydrogen-bond donors (Lipinski definition) is 2. The van der Waals surface area contributed by atoms with E-state index in [-0.39, 0.29) is 18.4 Å². The van der Waals surface area contributed by atoms with Crippen molar-refractivity contribution >= 4 is 34.8 Å². The van der Waals surface area contributed by atoms with Gasteiger partial charge in [-0.2, -0.15) is 0 Å². The molecule has 0 unspecified atom stereocenters. The molecule has 7 nitrogen and oxygen atoms in total. The number of benzene rings is 2. The van der Waals surface area contributed by atoms with E-state index >= 15 is 0 Å². The third kappa shape index (κ3) is 6.15. The van der Waals surface area contributed by atoms with Gasteiger partial charge in [0, 0.05) is 55.8 Å². The molecule has 1 aliphatic heterocycles. The number of hydrogen-bond acceptors (Lipinski definition) is 5. The number of aromatic nitrogens is 1. The molecular formula is C26H27ClFN5O2. The zero-order chi connectivity index (χ0) is 24.8. The monoisotopic (exact) mass is 495 g/mol. The van der Waals surface area contributed by atoms with Gasteiger partial charge in [-0.25, -0.2) is 4.39 Å². The summed E-state index contributed by atoms with van der Waals surface area (Å²) in [6, 6.07) is 15.4. The number of rotatable bonds is 6. The van der Waals surface area contributed by atoms with E-state index in [4.69, 9.17) is 11.6 Å². The summed E-state index contributed by atoms with van der Waals surface area (Å²) in [7, 11) is 0. The van der Waals surface area contributed by atoms with E-state index in [1.54, 1.807) is 42.7 Å². The Bertz CT molecular complexity index is 1190. The Hall–Kier alpha value is -3.49. The molecule has 2 aromatic carbocycles. The van der Waals surface area contributed by atoms with E-state index < -0.39 is 11.8 Å². The number of anilines is 2. The van der Waals surface area contributed by atoms with E-state index in [0.29, 0.717) is 42.6 Å². The molecule has 2 amide bonds. The quantitative estimate of drug-likeness (QED) is 0.509. The van der Waals surface area contributed by atoms with Crippen LogP contribution in [0.25, 0.3) is 0 Å². The number of aryl methyl sites for hydroxylation is 1. The van der Waals surface area contributed by atoms with Crippen molar-refractivity contribution in [2.24, 2.45) is 0 Å². The summed E-state index contributed by atoms with van der Waals surface area (Å²) in [4.78, 5) is 33.4. The van der Waals surface area contributed by atoms with Crippen LogP contribution < -0.4 is 15.5 Å². The lowest BCUT2D eigenvalue weighted by molar-refractivity contribution is -0.136. The number of piperazine rings is 1. The van der Waals surface area contributed by atoms with E-state index in [1.165, 1.54) is 6.07 Å².